The van der Waals surface area contributed by atoms with E-state index in [0.29, 0.717) is 26.2 Å². The van der Waals surface area contributed by atoms with E-state index in [1.807, 2.05) is 26.0 Å². The SMILES string of the molecule is CN=C(NC1CC1c1ccccc1F)N1CCN(S(=O)(=O)CCOC(C)C)CC1.I. The molecular weight excluding hydrogens is 522 g/mol. The molecule has 2 fully saturated rings. The monoisotopic (exact) mass is 554 g/mol. The molecule has 1 heterocycles. The normalized spacial score (nSPS) is 22.7. The summed E-state index contributed by atoms with van der Waals surface area (Å²) in [6, 6.07) is 7.03. The van der Waals surface area contributed by atoms with Crippen LogP contribution in [0.1, 0.15) is 31.7 Å². The minimum absolute atomic E-state index is 0. The lowest BCUT2D eigenvalue weighted by Gasteiger charge is -2.36. The first-order chi connectivity index (χ1) is 13.8. The van der Waals surface area contributed by atoms with Gasteiger partial charge in [0.2, 0.25) is 10.0 Å². The van der Waals surface area contributed by atoms with Gasteiger partial charge in [0.1, 0.15) is 5.82 Å². The second-order valence-corrected chi connectivity index (χ2v) is 9.87. The second kappa shape index (κ2) is 11.1. The number of guanidine groups is 1. The van der Waals surface area contributed by atoms with Gasteiger partial charge in [-0.05, 0) is 31.9 Å². The molecule has 0 radical (unpaired) electrons. The molecule has 0 aromatic heterocycles. The Morgan fingerprint density at radius 2 is 1.93 bits per heavy atom. The number of sulfonamides is 1. The fourth-order valence-electron chi connectivity index (χ4n) is 3.63. The third-order valence-corrected chi connectivity index (χ3v) is 7.18. The molecule has 2 unspecified atom stereocenters. The number of ether oxygens (including phenoxy) is 1. The van der Waals surface area contributed by atoms with Crippen LogP contribution >= 0.6 is 24.0 Å². The Bertz CT molecular complexity index is 829. The quantitative estimate of drug-likeness (QED) is 0.318. The summed E-state index contributed by atoms with van der Waals surface area (Å²) in [4.78, 5) is 6.41. The second-order valence-electron chi connectivity index (χ2n) is 7.78. The van der Waals surface area contributed by atoms with E-state index in [1.165, 1.54) is 10.4 Å². The molecular formula is C20H32FIN4O3S. The molecule has 1 aliphatic carbocycles. The van der Waals surface area contributed by atoms with E-state index < -0.39 is 10.0 Å². The van der Waals surface area contributed by atoms with Crippen molar-refractivity contribution in [1.82, 2.24) is 14.5 Å². The van der Waals surface area contributed by atoms with Crippen LogP contribution in [-0.4, -0.2) is 81.3 Å². The molecule has 10 heteroatoms. The van der Waals surface area contributed by atoms with E-state index in [-0.39, 0.29) is 60.2 Å². The van der Waals surface area contributed by atoms with E-state index >= 15 is 0 Å². The van der Waals surface area contributed by atoms with Crippen LogP contribution < -0.4 is 5.32 Å². The van der Waals surface area contributed by atoms with Crippen molar-refractivity contribution in [2.75, 3.05) is 45.6 Å². The van der Waals surface area contributed by atoms with Crippen molar-refractivity contribution in [3.05, 3.63) is 35.6 Å². The maximum Gasteiger partial charge on any atom is 0.216 e. The molecule has 1 saturated carbocycles. The minimum atomic E-state index is -3.32. The molecule has 0 amide bonds. The van der Waals surface area contributed by atoms with Gasteiger partial charge in [0, 0.05) is 45.2 Å². The summed E-state index contributed by atoms with van der Waals surface area (Å²) in [7, 11) is -1.60. The van der Waals surface area contributed by atoms with Gasteiger partial charge in [0.15, 0.2) is 5.96 Å². The number of rotatable bonds is 7. The molecule has 1 N–H and O–H groups in total. The number of hydrogen-bond acceptors (Lipinski definition) is 4. The average molecular weight is 554 g/mol. The van der Waals surface area contributed by atoms with Crippen LogP contribution in [0.25, 0.3) is 0 Å². The summed E-state index contributed by atoms with van der Waals surface area (Å²) >= 11 is 0. The molecule has 170 valence electrons. The van der Waals surface area contributed by atoms with Crippen LogP contribution in [0.15, 0.2) is 29.3 Å². The zero-order valence-corrected chi connectivity index (χ0v) is 20.9. The molecule has 7 nitrogen and oxygen atoms in total. The Labute approximate surface area is 196 Å². The number of hydrogen-bond donors (Lipinski definition) is 1. The van der Waals surface area contributed by atoms with Crippen LogP contribution in [0.2, 0.25) is 0 Å². The Balaban J connectivity index is 0.00000320. The lowest BCUT2D eigenvalue weighted by molar-refractivity contribution is 0.0904. The van der Waals surface area contributed by atoms with Crippen LogP contribution in [0.5, 0.6) is 0 Å². The highest BCUT2D eigenvalue weighted by Crippen LogP contribution is 2.41. The molecule has 30 heavy (non-hydrogen) atoms. The van der Waals surface area contributed by atoms with Gasteiger partial charge in [0.05, 0.1) is 18.5 Å². The predicted octanol–water partition coefficient (Wildman–Crippen LogP) is 2.25. The highest BCUT2D eigenvalue weighted by molar-refractivity contribution is 14.0. The van der Waals surface area contributed by atoms with Gasteiger partial charge in [-0.15, -0.1) is 24.0 Å². The first-order valence-electron chi connectivity index (χ1n) is 10.1. The third kappa shape index (κ3) is 6.51. The first kappa shape index (κ1) is 25.3. The number of nitrogens with zero attached hydrogens (tertiary/aromatic N) is 3. The fourth-order valence-corrected chi connectivity index (χ4v) is 4.92. The summed E-state index contributed by atoms with van der Waals surface area (Å²) in [5, 5.41) is 3.41. The lowest BCUT2D eigenvalue weighted by Crippen LogP contribution is -2.54. The van der Waals surface area contributed by atoms with Gasteiger partial charge in [-0.25, -0.2) is 12.8 Å². The van der Waals surface area contributed by atoms with Crippen molar-refractivity contribution in [3.8, 4) is 0 Å². The molecule has 0 bridgehead atoms. The maximum absolute atomic E-state index is 14.0. The molecule has 0 spiro atoms. The van der Waals surface area contributed by atoms with E-state index in [1.54, 1.807) is 13.1 Å². The highest BCUT2D eigenvalue weighted by Gasteiger charge is 2.41. The largest absolute Gasteiger partial charge is 0.378 e. The Morgan fingerprint density at radius 3 is 2.53 bits per heavy atom. The smallest absolute Gasteiger partial charge is 0.216 e. The minimum Gasteiger partial charge on any atom is -0.378 e. The topological polar surface area (TPSA) is 74.2 Å². The maximum atomic E-state index is 14.0. The van der Waals surface area contributed by atoms with Gasteiger partial charge >= 0.3 is 0 Å². The van der Waals surface area contributed by atoms with Crippen LogP contribution in [0.4, 0.5) is 4.39 Å². The van der Waals surface area contributed by atoms with Crippen molar-refractivity contribution < 1.29 is 17.5 Å². The standard InChI is InChI=1S/C20H31FN4O3S.HI/c1-15(2)28-12-13-29(26,27)25-10-8-24(9-11-25)20(22-3)23-19-14-17(19)16-6-4-5-7-18(16)21;/h4-7,15,17,19H,8-14H2,1-3H3,(H,22,23);1H. The van der Waals surface area contributed by atoms with Crippen molar-refractivity contribution in [2.45, 2.75) is 38.3 Å². The third-order valence-electron chi connectivity index (χ3n) is 5.35. The van der Waals surface area contributed by atoms with E-state index in [2.05, 4.69) is 15.2 Å². The van der Waals surface area contributed by atoms with Crippen molar-refractivity contribution in [3.63, 3.8) is 0 Å². The van der Waals surface area contributed by atoms with Crippen molar-refractivity contribution in [1.29, 1.82) is 0 Å². The Morgan fingerprint density at radius 1 is 1.27 bits per heavy atom. The molecule has 1 aromatic rings. The number of benzene rings is 1. The molecule has 2 aliphatic rings. The molecule has 1 saturated heterocycles. The molecule has 1 aliphatic heterocycles. The summed E-state index contributed by atoms with van der Waals surface area (Å²) in [6.45, 7) is 5.98. The van der Waals surface area contributed by atoms with Crippen molar-refractivity contribution >= 4 is 40.0 Å². The fraction of sp³-hybridized carbons (Fsp3) is 0.650. The van der Waals surface area contributed by atoms with Gasteiger partial charge in [-0.2, -0.15) is 4.31 Å². The number of halogens is 2. The van der Waals surface area contributed by atoms with E-state index in [4.69, 9.17) is 4.74 Å². The summed E-state index contributed by atoms with van der Waals surface area (Å²) in [6.07, 6.45) is 0.886. The Kier molecular flexibility index (Phi) is 9.32. The average Bonchev–Trinajstić information content (AvgIpc) is 3.45. The molecule has 3 rings (SSSR count). The van der Waals surface area contributed by atoms with Gasteiger partial charge in [-0.3, -0.25) is 4.99 Å². The lowest BCUT2D eigenvalue weighted by atomic mass is 10.1. The van der Waals surface area contributed by atoms with Gasteiger partial charge in [-0.1, -0.05) is 18.2 Å². The highest BCUT2D eigenvalue weighted by atomic mass is 127. The number of aliphatic imine (C=N–C) groups is 1. The van der Waals surface area contributed by atoms with Gasteiger partial charge < -0.3 is 15.0 Å². The molecule has 1 aromatic carbocycles. The summed E-state index contributed by atoms with van der Waals surface area (Å²) < 4.78 is 45.8. The predicted molar refractivity (Wildman–Crippen MR) is 127 cm³/mol. The van der Waals surface area contributed by atoms with Crippen LogP contribution in [-0.2, 0) is 14.8 Å². The molecule has 2 atom stereocenters. The summed E-state index contributed by atoms with van der Waals surface area (Å²) in [5.41, 5.74) is 0.736. The van der Waals surface area contributed by atoms with Crippen LogP contribution in [0, 0.1) is 5.82 Å². The first-order valence-corrected chi connectivity index (χ1v) is 11.7. The Hall–Kier alpha value is -0.980. The van der Waals surface area contributed by atoms with E-state index in [0.717, 1.165) is 17.9 Å². The van der Waals surface area contributed by atoms with E-state index in [9.17, 15) is 12.8 Å². The van der Waals surface area contributed by atoms with Gasteiger partial charge in [0.25, 0.3) is 0 Å². The zero-order valence-electron chi connectivity index (χ0n) is 17.8. The number of piperazine rings is 1. The number of nitrogens with one attached hydrogen (secondary N) is 1. The summed E-state index contributed by atoms with van der Waals surface area (Å²) in [5.74, 6) is 0.728. The zero-order chi connectivity index (χ0) is 21.0. The van der Waals surface area contributed by atoms with Crippen LogP contribution in [0.3, 0.4) is 0 Å². The van der Waals surface area contributed by atoms with Crippen molar-refractivity contribution in [2.24, 2.45) is 4.99 Å².